The van der Waals surface area contributed by atoms with Crippen molar-refractivity contribution in [3.8, 4) is 0 Å². The normalized spacial score (nSPS) is 10.6. The first kappa shape index (κ1) is 14.7. The van der Waals surface area contributed by atoms with Gasteiger partial charge in [-0.05, 0) is 51.0 Å². The highest BCUT2D eigenvalue weighted by molar-refractivity contribution is 8.00. The molecule has 1 aromatic heterocycles. The molecule has 20 heavy (non-hydrogen) atoms. The van der Waals surface area contributed by atoms with Crippen molar-refractivity contribution >= 4 is 23.4 Å². The number of carbonyl (C=O) groups excluding carboxylic acids is 1. The summed E-state index contributed by atoms with van der Waals surface area (Å²) >= 11 is 1.51. The van der Waals surface area contributed by atoms with Crippen LogP contribution in [0.25, 0.3) is 0 Å². The predicted molar refractivity (Wildman–Crippen MR) is 83.3 cm³/mol. The van der Waals surface area contributed by atoms with E-state index in [9.17, 15) is 4.79 Å². The van der Waals surface area contributed by atoms with Gasteiger partial charge in [-0.25, -0.2) is 0 Å². The van der Waals surface area contributed by atoms with Crippen LogP contribution in [0, 0.1) is 27.7 Å². The molecule has 0 bridgehead atoms. The second kappa shape index (κ2) is 6.13. The van der Waals surface area contributed by atoms with Gasteiger partial charge in [0.25, 0.3) is 0 Å². The van der Waals surface area contributed by atoms with Crippen molar-refractivity contribution in [2.24, 2.45) is 0 Å². The van der Waals surface area contributed by atoms with Crippen LogP contribution in [-0.2, 0) is 4.79 Å². The smallest absolute Gasteiger partial charge is 0.234 e. The molecule has 1 aromatic carbocycles. The van der Waals surface area contributed by atoms with Gasteiger partial charge in [0.1, 0.15) is 0 Å². The molecule has 4 nitrogen and oxygen atoms in total. The van der Waals surface area contributed by atoms with Crippen LogP contribution in [0.1, 0.15) is 22.5 Å². The third kappa shape index (κ3) is 3.63. The van der Waals surface area contributed by atoms with Crippen molar-refractivity contribution in [3.63, 3.8) is 0 Å². The summed E-state index contributed by atoms with van der Waals surface area (Å²) < 4.78 is 0. The summed E-state index contributed by atoms with van der Waals surface area (Å²) in [5.41, 5.74) is 5.09. The van der Waals surface area contributed by atoms with Gasteiger partial charge in [0.05, 0.1) is 16.3 Å². The number of thioether (sulfide) groups is 1. The van der Waals surface area contributed by atoms with E-state index in [2.05, 4.69) is 21.6 Å². The molecule has 0 atom stereocenters. The second-order valence-corrected chi connectivity index (χ2v) is 5.96. The van der Waals surface area contributed by atoms with Crippen molar-refractivity contribution in [2.45, 2.75) is 32.6 Å². The van der Waals surface area contributed by atoms with Crippen molar-refractivity contribution in [1.29, 1.82) is 0 Å². The first-order valence-electron chi connectivity index (χ1n) is 6.48. The second-order valence-electron chi connectivity index (χ2n) is 4.98. The fraction of sp³-hybridized carbons (Fsp3) is 0.333. The highest BCUT2D eigenvalue weighted by atomic mass is 32.2. The molecule has 0 unspecified atom stereocenters. The molecule has 2 N–H and O–H groups in total. The third-order valence-electron chi connectivity index (χ3n) is 2.91. The molecule has 0 fully saturated rings. The van der Waals surface area contributed by atoms with Crippen LogP contribution in [-0.4, -0.2) is 21.9 Å². The van der Waals surface area contributed by atoms with E-state index < -0.39 is 0 Å². The van der Waals surface area contributed by atoms with E-state index in [1.165, 1.54) is 11.8 Å². The van der Waals surface area contributed by atoms with E-state index in [-0.39, 0.29) is 5.91 Å². The summed E-state index contributed by atoms with van der Waals surface area (Å²) in [5.74, 6) is 0.383. The van der Waals surface area contributed by atoms with E-state index in [1.807, 2.05) is 39.8 Å². The van der Waals surface area contributed by atoms with Crippen LogP contribution in [0.4, 0.5) is 5.69 Å². The Kier molecular flexibility index (Phi) is 4.49. The molecular formula is C15H19N3OS. The summed E-state index contributed by atoms with van der Waals surface area (Å²) in [4.78, 5) is 13.0. The summed E-state index contributed by atoms with van der Waals surface area (Å²) in [6.45, 7) is 7.95. The number of amides is 1. The third-order valence-corrected chi connectivity index (χ3v) is 4.21. The summed E-state index contributed by atoms with van der Waals surface area (Å²) in [6, 6.07) is 6.04. The van der Waals surface area contributed by atoms with Crippen LogP contribution in [0.3, 0.4) is 0 Å². The van der Waals surface area contributed by atoms with Gasteiger partial charge in [0.2, 0.25) is 5.91 Å². The predicted octanol–water partition coefficient (Wildman–Crippen LogP) is 3.37. The molecule has 0 saturated carbocycles. The molecular weight excluding hydrogens is 270 g/mol. The van der Waals surface area contributed by atoms with Crippen molar-refractivity contribution in [3.05, 3.63) is 40.7 Å². The van der Waals surface area contributed by atoms with Crippen molar-refractivity contribution in [2.75, 3.05) is 11.1 Å². The maximum atomic E-state index is 12.0. The maximum absolute atomic E-state index is 12.0. The monoisotopic (exact) mass is 289 g/mol. The van der Waals surface area contributed by atoms with Crippen molar-refractivity contribution in [1.82, 2.24) is 10.2 Å². The van der Waals surface area contributed by atoms with Gasteiger partial charge in [-0.3, -0.25) is 9.89 Å². The standard InChI is InChI=1S/C15H19N3OS/c1-9-5-10(2)7-13(6-9)16-14(19)8-20-15-11(3)17-18-12(15)4/h5-7H,8H2,1-4H3,(H,16,19)(H,17,18). The molecule has 2 rings (SSSR count). The van der Waals surface area contributed by atoms with Gasteiger partial charge in [-0.1, -0.05) is 6.07 Å². The molecule has 0 spiro atoms. The fourth-order valence-electron chi connectivity index (χ4n) is 2.13. The lowest BCUT2D eigenvalue weighted by Crippen LogP contribution is -2.14. The molecule has 5 heteroatoms. The zero-order chi connectivity index (χ0) is 14.7. The first-order chi connectivity index (χ1) is 9.45. The van der Waals surface area contributed by atoms with E-state index in [0.717, 1.165) is 33.1 Å². The number of anilines is 1. The molecule has 2 aromatic rings. The lowest BCUT2D eigenvalue weighted by Gasteiger charge is -2.07. The van der Waals surface area contributed by atoms with Crippen LogP contribution in [0.2, 0.25) is 0 Å². The molecule has 1 heterocycles. The number of carbonyl (C=O) groups is 1. The number of H-pyrrole nitrogens is 1. The molecule has 0 aliphatic rings. The maximum Gasteiger partial charge on any atom is 0.234 e. The van der Waals surface area contributed by atoms with E-state index in [0.29, 0.717) is 5.75 Å². The average molecular weight is 289 g/mol. The van der Waals surface area contributed by atoms with Gasteiger partial charge in [0.15, 0.2) is 0 Å². The average Bonchev–Trinajstić information content (AvgIpc) is 2.65. The number of benzene rings is 1. The van der Waals surface area contributed by atoms with Gasteiger partial charge in [0, 0.05) is 11.4 Å². The molecule has 0 radical (unpaired) electrons. The van der Waals surface area contributed by atoms with Crippen LogP contribution in [0.5, 0.6) is 0 Å². The van der Waals surface area contributed by atoms with Gasteiger partial charge < -0.3 is 5.32 Å². The lowest BCUT2D eigenvalue weighted by atomic mass is 10.1. The van der Waals surface area contributed by atoms with Gasteiger partial charge >= 0.3 is 0 Å². The van der Waals surface area contributed by atoms with E-state index >= 15 is 0 Å². The quantitative estimate of drug-likeness (QED) is 0.848. The van der Waals surface area contributed by atoms with Gasteiger partial charge in [-0.15, -0.1) is 11.8 Å². The molecule has 0 aliphatic carbocycles. The lowest BCUT2D eigenvalue weighted by molar-refractivity contribution is -0.113. The topological polar surface area (TPSA) is 57.8 Å². The molecule has 1 amide bonds. The number of hydrogen-bond donors (Lipinski definition) is 2. The Morgan fingerprint density at radius 2 is 1.85 bits per heavy atom. The minimum Gasteiger partial charge on any atom is -0.325 e. The van der Waals surface area contributed by atoms with E-state index in [1.54, 1.807) is 0 Å². The number of aromatic amines is 1. The Morgan fingerprint density at radius 3 is 2.40 bits per heavy atom. The Labute approximate surface area is 123 Å². The minimum atomic E-state index is 0.000000000000000222. The molecule has 106 valence electrons. The zero-order valence-electron chi connectivity index (χ0n) is 12.2. The highest BCUT2D eigenvalue weighted by Crippen LogP contribution is 2.24. The summed E-state index contributed by atoms with van der Waals surface area (Å²) in [7, 11) is 0. The van der Waals surface area contributed by atoms with E-state index in [4.69, 9.17) is 0 Å². The van der Waals surface area contributed by atoms with Crippen LogP contribution in [0.15, 0.2) is 23.1 Å². The first-order valence-corrected chi connectivity index (χ1v) is 7.47. The molecule has 0 saturated heterocycles. The highest BCUT2D eigenvalue weighted by Gasteiger charge is 2.10. The Balaban J connectivity index is 1.96. The molecule has 0 aliphatic heterocycles. The van der Waals surface area contributed by atoms with Crippen molar-refractivity contribution < 1.29 is 4.79 Å². The summed E-state index contributed by atoms with van der Waals surface area (Å²) in [5, 5.41) is 9.98. The van der Waals surface area contributed by atoms with Crippen LogP contribution < -0.4 is 5.32 Å². The SMILES string of the molecule is Cc1cc(C)cc(NC(=O)CSc2c(C)n[nH]c2C)c1. The minimum absolute atomic E-state index is 0.000000000000000222. The number of rotatable bonds is 4. The van der Waals surface area contributed by atoms with Gasteiger partial charge in [-0.2, -0.15) is 5.10 Å². The largest absolute Gasteiger partial charge is 0.325 e. The number of aromatic nitrogens is 2. The Bertz CT molecular complexity index is 594. The summed E-state index contributed by atoms with van der Waals surface area (Å²) in [6.07, 6.45) is 0. The number of nitrogens with zero attached hydrogens (tertiary/aromatic N) is 1. The number of hydrogen-bond acceptors (Lipinski definition) is 3. The van der Waals surface area contributed by atoms with Crippen LogP contribution >= 0.6 is 11.8 Å². The number of aryl methyl sites for hydroxylation is 4. The Morgan fingerprint density at radius 1 is 1.20 bits per heavy atom. The Hall–Kier alpha value is -1.75. The fourth-order valence-corrected chi connectivity index (χ4v) is 3.00. The zero-order valence-corrected chi connectivity index (χ0v) is 13.0. The number of nitrogens with one attached hydrogen (secondary N) is 2.